The van der Waals surface area contributed by atoms with Crippen molar-refractivity contribution in [1.82, 2.24) is 10.3 Å². The Morgan fingerprint density at radius 2 is 1.89 bits per heavy atom. The van der Waals surface area contributed by atoms with Gasteiger partial charge in [0, 0.05) is 36.9 Å². The van der Waals surface area contributed by atoms with E-state index in [1.54, 1.807) is 6.20 Å². The van der Waals surface area contributed by atoms with Gasteiger partial charge < -0.3 is 20.3 Å². The number of ether oxygens (including phenoxy) is 1. The van der Waals surface area contributed by atoms with E-state index < -0.39 is 12.2 Å². The Hall–Kier alpha value is -2.65. The van der Waals surface area contributed by atoms with Crippen molar-refractivity contribution in [3.8, 4) is 0 Å². The first-order valence-corrected chi connectivity index (χ1v) is 12.9. The summed E-state index contributed by atoms with van der Waals surface area (Å²) in [4.78, 5) is 20.3. The number of halogens is 3. The standard InChI is InChI=1S/C27H33F3N4O2/c1-17(27(28,29)30)32-22-7-4-19(5-8-22)26(35)34-16-21-3-2-12-31-25(21)33-23-9-6-20(15-24(23)34)18-10-13-36-14-11-18/h2-3,6,9,12,15,17-19,22,32H,4-5,7-8,10-11,13-14,16H2,1H3,(H,31,33)/t17-,19?,22?/m0/s1. The molecule has 3 aliphatic rings. The normalized spacial score (nSPS) is 23.7. The van der Waals surface area contributed by atoms with Crippen LogP contribution in [0.1, 0.15) is 62.5 Å². The van der Waals surface area contributed by atoms with E-state index in [2.05, 4.69) is 27.8 Å². The topological polar surface area (TPSA) is 66.5 Å². The molecular weight excluding hydrogens is 469 g/mol. The molecule has 0 spiro atoms. The highest BCUT2D eigenvalue weighted by atomic mass is 19.4. The van der Waals surface area contributed by atoms with Gasteiger partial charge in [0.25, 0.3) is 0 Å². The zero-order valence-electron chi connectivity index (χ0n) is 20.5. The fraction of sp³-hybridized carbons (Fsp3) is 0.556. The van der Waals surface area contributed by atoms with Gasteiger partial charge in [0.2, 0.25) is 5.91 Å². The van der Waals surface area contributed by atoms with E-state index in [0.717, 1.165) is 55.7 Å². The molecule has 1 aromatic carbocycles. The summed E-state index contributed by atoms with van der Waals surface area (Å²) < 4.78 is 44.5. The molecule has 1 atom stereocenters. The van der Waals surface area contributed by atoms with Crippen LogP contribution in [0.3, 0.4) is 0 Å². The Bertz CT molecular complexity index is 1080. The Labute approximate surface area is 209 Å². The number of rotatable bonds is 4. The summed E-state index contributed by atoms with van der Waals surface area (Å²) >= 11 is 0. The summed E-state index contributed by atoms with van der Waals surface area (Å²) in [6.07, 6.45) is 1.62. The lowest BCUT2D eigenvalue weighted by molar-refractivity contribution is -0.154. The van der Waals surface area contributed by atoms with E-state index in [-0.39, 0.29) is 17.9 Å². The second kappa shape index (κ2) is 10.4. The number of hydrogen-bond donors (Lipinski definition) is 2. The van der Waals surface area contributed by atoms with Crippen LogP contribution >= 0.6 is 0 Å². The number of aromatic nitrogens is 1. The van der Waals surface area contributed by atoms with Gasteiger partial charge in [-0.25, -0.2) is 4.98 Å². The Kier molecular flexibility index (Phi) is 7.21. The summed E-state index contributed by atoms with van der Waals surface area (Å²) in [5.74, 6) is 0.937. The molecule has 36 heavy (non-hydrogen) atoms. The maximum atomic E-state index is 13.9. The number of pyridine rings is 1. The lowest BCUT2D eigenvalue weighted by Crippen LogP contribution is -2.47. The highest BCUT2D eigenvalue weighted by molar-refractivity contribution is 5.99. The van der Waals surface area contributed by atoms with Gasteiger partial charge in [-0.1, -0.05) is 12.1 Å². The molecule has 1 amide bonds. The van der Waals surface area contributed by atoms with E-state index >= 15 is 0 Å². The first kappa shape index (κ1) is 25.0. The molecule has 6 nitrogen and oxygen atoms in total. The van der Waals surface area contributed by atoms with Crippen molar-refractivity contribution in [3.05, 3.63) is 47.7 Å². The minimum Gasteiger partial charge on any atom is -0.381 e. The van der Waals surface area contributed by atoms with Crippen LogP contribution in [0.5, 0.6) is 0 Å². The molecular formula is C27H33F3N4O2. The van der Waals surface area contributed by atoms with Crippen LogP contribution < -0.4 is 15.5 Å². The Morgan fingerprint density at radius 3 is 2.61 bits per heavy atom. The van der Waals surface area contributed by atoms with Crippen molar-refractivity contribution in [2.75, 3.05) is 23.4 Å². The van der Waals surface area contributed by atoms with Gasteiger partial charge in [-0.05, 0) is 75.1 Å². The van der Waals surface area contributed by atoms with E-state index in [4.69, 9.17) is 4.74 Å². The Balaban J connectivity index is 1.37. The molecule has 1 aliphatic carbocycles. The van der Waals surface area contributed by atoms with E-state index in [9.17, 15) is 18.0 Å². The zero-order valence-corrected chi connectivity index (χ0v) is 20.5. The van der Waals surface area contributed by atoms with Crippen LogP contribution in [0.2, 0.25) is 0 Å². The SMILES string of the molecule is C[C@H](NC1CCC(C(=O)N2Cc3cccnc3Nc3ccc(C4CCOCC4)cc32)CC1)C(F)(F)F. The minimum atomic E-state index is -4.26. The van der Waals surface area contributed by atoms with Crippen molar-refractivity contribution >= 4 is 23.1 Å². The highest BCUT2D eigenvalue weighted by Crippen LogP contribution is 2.40. The molecule has 2 aliphatic heterocycles. The maximum Gasteiger partial charge on any atom is 0.403 e. The van der Waals surface area contributed by atoms with E-state index in [1.807, 2.05) is 23.1 Å². The molecule has 2 fully saturated rings. The van der Waals surface area contributed by atoms with E-state index in [0.29, 0.717) is 38.1 Å². The van der Waals surface area contributed by atoms with Crippen LogP contribution in [0.25, 0.3) is 0 Å². The number of alkyl halides is 3. The van der Waals surface area contributed by atoms with Crippen molar-refractivity contribution in [2.45, 2.75) is 76.2 Å². The van der Waals surface area contributed by atoms with Crippen molar-refractivity contribution in [1.29, 1.82) is 0 Å². The summed E-state index contributed by atoms with van der Waals surface area (Å²) in [7, 11) is 0. The molecule has 0 radical (unpaired) electrons. The van der Waals surface area contributed by atoms with Gasteiger partial charge in [0.05, 0.1) is 17.9 Å². The molecule has 194 valence electrons. The molecule has 1 aromatic heterocycles. The molecule has 0 bridgehead atoms. The number of carbonyl (C=O) groups is 1. The molecule has 2 aromatic rings. The number of hydrogen-bond acceptors (Lipinski definition) is 5. The van der Waals surface area contributed by atoms with Crippen LogP contribution in [-0.4, -0.2) is 42.4 Å². The van der Waals surface area contributed by atoms with Crippen LogP contribution in [0.15, 0.2) is 36.5 Å². The Morgan fingerprint density at radius 1 is 1.14 bits per heavy atom. The molecule has 3 heterocycles. The van der Waals surface area contributed by atoms with Gasteiger partial charge in [0.15, 0.2) is 0 Å². The van der Waals surface area contributed by atoms with Crippen molar-refractivity contribution in [3.63, 3.8) is 0 Å². The lowest BCUT2D eigenvalue weighted by atomic mass is 9.84. The van der Waals surface area contributed by atoms with Crippen LogP contribution in [0.4, 0.5) is 30.4 Å². The maximum absolute atomic E-state index is 13.9. The van der Waals surface area contributed by atoms with Gasteiger partial charge in [-0.3, -0.25) is 4.79 Å². The van der Waals surface area contributed by atoms with Crippen molar-refractivity contribution < 1.29 is 22.7 Å². The van der Waals surface area contributed by atoms with Gasteiger partial charge in [-0.2, -0.15) is 13.2 Å². The molecule has 1 saturated heterocycles. The average molecular weight is 503 g/mol. The zero-order chi connectivity index (χ0) is 25.3. The van der Waals surface area contributed by atoms with Gasteiger partial charge >= 0.3 is 6.18 Å². The highest BCUT2D eigenvalue weighted by Gasteiger charge is 2.39. The van der Waals surface area contributed by atoms with Gasteiger partial charge in [0.1, 0.15) is 11.9 Å². The monoisotopic (exact) mass is 502 g/mol. The smallest absolute Gasteiger partial charge is 0.381 e. The lowest BCUT2D eigenvalue weighted by Gasteiger charge is -2.34. The van der Waals surface area contributed by atoms with Crippen molar-refractivity contribution in [2.24, 2.45) is 5.92 Å². The predicted octanol–water partition coefficient (Wildman–Crippen LogP) is 5.67. The van der Waals surface area contributed by atoms with Crippen LogP contribution in [-0.2, 0) is 16.1 Å². The summed E-state index contributed by atoms with van der Waals surface area (Å²) in [6, 6.07) is 8.34. The number of anilines is 3. The summed E-state index contributed by atoms with van der Waals surface area (Å²) in [6.45, 7) is 3.03. The minimum absolute atomic E-state index is 0.0289. The summed E-state index contributed by atoms with van der Waals surface area (Å²) in [5, 5.41) is 6.12. The van der Waals surface area contributed by atoms with E-state index in [1.165, 1.54) is 5.56 Å². The first-order valence-electron chi connectivity index (χ1n) is 12.9. The first-order chi connectivity index (χ1) is 17.3. The number of nitrogens with zero attached hydrogens (tertiary/aromatic N) is 2. The fourth-order valence-electron chi connectivity index (χ4n) is 5.60. The third-order valence-electron chi connectivity index (χ3n) is 7.80. The molecule has 5 rings (SSSR count). The number of fused-ring (bicyclic) bond motifs is 2. The fourth-order valence-corrected chi connectivity index (χ4v) is 5.60. The van der Waals surface area contributed by atoms with Gasteiger partial charge in [-0.15, -0.1) is 0 Å². The largest absolute Gasteiger partial charge is 0.403 e. The number of benzene rings is 1. The summed E-state index contributed by atoms with van der Waals surface area (Å²) in [5.41, 5.74) is 3.81. The average Bonchev–Trinajstić information content (AvgIpc) is 3.05. The second-order valence-corrected chi connectivity index (χ2v) is 10.2. The molecule has 1 saturated carbocycles. The van der Waals surface area contributed by atoms with Crippen LogP contribution in [0, 0.1) is 5.92 Å². The molecule has 9 heteroatoms. The third-order valence-corrected chi connectivity index (χ3v) is 7.80. The second-order valence-electron chi connectivity index (χ2n) is 10.2. The predicted molar refractivity (Wildman–Crippen MR) is 132 cm³/mol. The number of carbonyl (C=O) groups excluding carboxylic acids is 1. The number of nitrogens with one attached hydrogen (secondary N) is 2. The quantitative estimate of drug-likeness (QED) is 0.564. The molecule has 2 N–H and O–H groups in total. The number of amides is 1. The third kappa shape index (κ3) is 5.37. The molecule has 0 unspecified atom stereocenters.